The number of pyridine rings is 1. The van der Waals surface area contributed by atoms with Crippen LogP contribution in [0.2, 0.25) is 0 Å². The van der Waals surface area contributed by atoms with E-state index in [9.17, 15) is 23.3 Å². The zero-order valence-electron chi connectivity index (χ0n) is 13.9. The highest BCUT2D eigenvalue weighted by atomic mass is 19.4. The first-order valence-electron chi connectivity index (χ1n) is 7.66. The smallest absolute Gasteiger partial charge is 0.349 e. The van der Waals surface area contributed by atoms with Crippen LogP contribution in [0.3, 0.4) is 0 Å². The topological polar surface area (TPSA) is 68.1 Å². The molecule has 0 saturated heterocycles. The third kappa shape index (κ3) is 3.44. The number of nitrogens with one attached hydrogen (secondary N) is 1. The summed E-state index contributed by atoms with van der Waals surface area (Å²) < 4.78 is 38.8. The summed E-state index contributed by atoms with van der Waals surface area (Å²) in [6, 6.07) is 9.60. The Balaban J connectivity index is 2.13. The number of aromatic nitrogens is 1. The molecule has 0 aliphatic heterocycles. The number of alkyl halides is 3. The van der Waals surface area contributed by atoms with Crippen molar-refractivity contribution in [2.24, 2.45) is 0 Å². The van der Waals surface area contributed by atoms with Crippen molar-refractivity contribution in [3.8, 4) is 0 Å². The minimum absolute atomic E-state index is 0.112. The van der Waals surface area contributed by atoms with Gasteiger partial charge in [-0.15, -0.1) is 0 Å². The van der Waals surface area contributed by atoms with Crippen molar-refractivity contribution >= 4 is 28.0 Å². The van der Waals surface area contributed by atoms with Crippen molar-refractivity contribution < 1.29 is 18.1 Å². The molecule has 26 heavy (non-hydrogen) atoms. The van der Waals surface area contributed by atoms with Gasteiger partial charge in [0, 0.05) is 22.8 Å². The Bertz CT molecular complexity index is 1020. The molecule has 2 aromatic carbocycles. The molecule has 0 spiro atoms. The van der Waals surface area contributed by atoms with Gasteiger partial charge in [-0.25, -0.2) is 0 Å². The lowest BCUT2D eigenvalue weighted by molar-refractivity contribution is -0.384. The highest BCUT2D eigenvalue weighted by Crippen LogP contribution is 2.35. The molecule has 0 aliphatic carbocycles. The summed E-state index contributed by atoms with van der Waals surface area (Å²) in [4.78, 5) is 14.9. The number of aryl methyl sites for hydroxylation is 2. The van der Waals surface area contributed by atoms with Gasteiger partial charge < -0.3 is 5.32 Å². The van der Waals surface area contributed by atoms with Crippen LogP contribution in [-0.2, 0) is 6.18 Å². The summed E-state index contributed by atoms with van der Waals surface area (Å²) in [5.41, 5.74) is 1.19. The average Bonchev–Trinajstić information content (AvgIpc) is 2.54. The first-order chi connectivity index (χ1) is 12.1. The maximum Gasteiger partial charge on any atom is 0.416 e. The van der Waals surface area contributed by atoms with E-state index in [1.165, 1.54) is 12.1 Å². The lowest BCUT2D eigenvalue weighted by Crippen LogP contribution is -2.05. The van der Waals surface area contributed by atoms with Crippen molar-refractivity contribution in [2.45, 2.75) is 20.0 Å². The molecule has 3 rings (SSSR count). The molecule has 3 aromatic rings. The quantitative estimate of drug-likeness (QED) is 0.492. The summed E-state index contributed by atoms with van der Waals surface area (Å²) >= 11 is 0. The van der Waals surface area contributed by atoms with E-state index in [1.54, 1.807) is 32.0 Å². The van der Waals surface area contributed by atoms with Crippen molar-refractivity contribution in [2.75, 3.05) is 5.32 Å². The molecule has 0 bridgehead atoms. The Morgan fingerprint density at radius 1 is 1.04 bits per heavy atom. The predicted octanol–water partition coefficient (Wildman–Crippen LogP) is 5.52. The number of benzene rings is 2. The number of hydrogen-bond acceptors (Lipinski definition) is 4. The summed E-state index contributed by atoms with van der Waals surface area (Å²) in [7, 11) is 0. The summed E-state index contributed by atoms with van der Waals surface area (Å²) in [6.45, 7) is 3.38. The van der Waals surface area contributed by atoms with Gasteiger partial charge in [0.1, 0.15) is 5.69 Å². The fourth-order valence-electron chi connectivity index (χ4n) is 2.68. The van der Waals surface area contributed by atoms with Crippen LogP contribution in [-0.4, -0.2) is 9.91 Å². The lowest BCUT2D eigenvalue weighted by Gasteiger charge is -2.13. The number of hydrogen-bond donors (Lipinski definition) is 1. The van der Waals surface area contributed by atoms with Crippen molar-refractivity contribution in [3.05, 3.63) is 69.4 Å². The van der Waals surface area contributed by atoms with E-state index < -0.39 is 16.7 Å². The Morgan fingerprint density at radius 2 is 1.77 bits per heavy atom. The second-order valence-corrected chi connectivity index (χ2v) is 5.94. The summed E-state index contributed by atoms with van der Waals surface area (Å²) in [5.74, 6) is 0. The van der Waals surface area contributed by atoms with Gasteiger partial charge in [-0.2, -0.15) is 13.2 Å². The van der Waals surface area contributed by atoms with Crippen LogP contribution in [0.4, 0.5) is 30.2 Å². The fourth-order valence-corrected chi connectivity index (χ4v) is 2.68. The molecule has 0 atom stereocenters. The van der Waals surface area contributed by atoms with E-state index in [-0.39, 0.29) is 16.9 Å². The van der Waals surface area contributed by atoms with Gasteiger partial charge >= 0.3 is 6.18 Å². The number of rotatable bonds is 3. The number of nitrogens with zero attached hydrogens (tertiary/aromatic N) is 2. The monoisotopic (exact) mass is 361 g/mol. The minimum atomic E-state index is -4.47. The van der Waals surface area contributed by atoms with Gasteiger partial charge in [-0.05, 0) is 43.7 Å². The number of fused-ring (bicyclic) bond motifs is 1. The molecule has 1 aromatic heterocycles. The normalized spacial score (nSPS) is 11.6. The molecule has 1 heterocycles. The number of nitro groups is 1. The third-order valence-corrected chi connectivity index (χ3v) is 3.88. The van der Waals surface area contributed by atoms with Crippen LogP contribution in [0, 0.1) is 24.0 Å². The van der Waals surface area contributed by atoms with Crippen LogP contribution in [0.15, 0.2) is 42.5 Å². The van der Waals surface area contributed by atoms with Crippen LogP contribution in [0.25, 0.3) is 10.9 Å². The van der Waals surface area contributed by atoms with E-state index in [0.717, 1.165) is 17.7 Å². The largest absolute Gasteiger partial charge is 0.416 e. The van der Waals surface area contributed by atoms with Crippen molar-refractivity contribution in [3.63, 3.8) is 0 Å². The molecule has 8 heteroatoms. The van der Waals surface area contributed by atoms with E-state index in [2.05, 4.69) is 10.3 Å². The molecule has 0 saturated carbocycles. The van der Waals surface area contributed by atoms with Gasteiger partial charge in [0.25, 0.3) is 5.69 Å². The molecule has 0 amide bonds. The first-order valence-corrected chi connectivity index (χ1v) is 7.66. The van der Waals surface area contributed by atoms with Gasteiger partial charge in [0.2, 0.25) is 0 Å². The van der Waals surface area contributed by atoms with E-state index in [1.807, 2.05) is 0 Å². The average molecular weight is 361 g/mol. The van der Waals surface area contributed by atoms with E-state index in [0.29, 0.717) is 16.8 Å². The Morgan fingerprint density at radius 3 is 2.42 bits per heavy atom. The molecule has 0 fully saturated rings. The van der Waals surface area contributed by atoms with Crippen LogP contribution in [0.1, 0.15) is 16.8 Å². The van der Waals surface area contributed by atoms with Crippen LogP contribution < -0.4 is 5.32 Å². The SMILES string of the molecule is Cc1ccc(Nc2cc(C)nc3cc(C(F)(F)F)ccc23)c([N+](=O)[O-])c1. The first kappa shape index (κ1) is 17.7. The van der Waals surface area contributed by atoms with Gasteiger partial charge in [0.15, 0.2) is 0 Å². The fraction of sp³-hybridized carbons (Fsp3) is 0.167. The highest BCUT2D eigenvalue weighted by molar-refractivity contribution is 5.94. The van der Waals surface area contributed by atoms with E-state index >= 15 is 0 Å². The second-order valence-electron chi connectivity index (χ2n) is 5.94. The van der Waals surface area contributed by atoms with Crippen LogP contribution in [0.5, 0.6) is 0 Å². The van der Waals surface area contributed by atoms with Crippen molar-refractivity contribution in [1.29, 1.82) is 0 Å². The number of nitro benzene ring substituents is 1. The Kier molecular flexibility index (Phi) is 4.27. The maximum absolute atomic E-state index is 12.9. The van der Waals surface area contributed by atoms with Gasteiger partial charge in [-0.1, -0.05) is 12.1 Å². The number of anilines is 2. The maximum atomic E-state index is 12.9. The molecule has 1 N–H and O–H groups in total. The highest BCUT2D eigenvalue weighted by Gasteiger charge is 2.30. The predicted molar refractivity (Wildman–Crippen MR) is 92.6 cm³/mol. The molecule has 0 radical (unpaired) electrons. The summed E-state index contributed by atoms with van der Waals surface area (Å²) in [6.07, 6.45) is -4.47. The van der Waals surface area contributed by atoms with Crippen molar-refractivity contribution in [1.82, 2.24) is 4.98 Å². The third-order valence-electron chi connectivity index (χ3n) is 3.88. The zero-order chi connectivity index (χ0) is 19.1. The van der Waals surface area contributed by atoms with Gasteiger partial charge in [0.05, 0.1) is 16.0 Å². The van der Waals surface area contributed by atoms with Crippen LogP contribution >= 0.6 is 0 Å². The Labute approximate surface area is 146 Å². The van der Waals surface area contributed by atoms with E-state index in [4.69, 9.17) is 0 Å². The summed E-state index contributed by atoms with van der Waals surface area (Å²) in [5, 5.41) is 14.7. The zero-order valence-corrected chi connectivity index (χ0v) is 13.9. The molecule has 0 unspecified atom stereocenters. The lowest BCUT2D eigenvalue weighted by atomic mass is 10.1. The standard InChI is InChI=1S/C18H14F3N3O2/c1-10-3-6-14(17(7-10)24(25)26)23-15-8-11(2)22-16-9-12(18(19,20)21)4-5-13(15)16/h3-9H,1-2H3,(H,22,23). The molecule has 134 valence electrons. The molecule has 0 aliphatic rings. The molecular formula is C18H14F3N3O2. The number of halogens is 3. The van der Waals surface area contributed by atoms with Gasteiger partial charge in [-0.3, -0.25) is 15.1 Å². The molecule has 5 nitrogen and oxygen atoms in total. The Hall–Kier alpha value is -3.16. The molecular weight excluding hydrogens is 347 g/mol. The minimum Gasteiger partial charge on any atom is -0.349 e. The second kappa shape index (κ2) is 6.29.